The maximum atomic E-state index is 11.5. The average Bonchev–Trinajstić information content (AvgIpc) is 2.24. The Morgan fingerprint density at radius 1 is 1.44 bits per heavy atom. The minimum Gasteiger partial charge on any atom is -0.461 e. The third-order valence-electron chi connectivity index (χ3n) is 1.98. The van der Waals surface area contributed by atoms with Crippen molar-refractivity contribution in [1.82, 2.24) is 0 Å². The van der Waals surface area contributed by atoms with E-state index in [1.54, 1.807) is 19.1 Å². The zero-order chi connectivity index (χ0) is 12.1. The number of rotatable bonds is 4. The maximum Gasteiger partial charge on any atom is 0.488 e. The number of hydrogen-bond acceptors (Lipinski definition) is 5. The third-order valence-corrected chi connectivity index (χ3v) is 1.98. The highest BCUT2D eigenvalue weighted by molar-refractivity contribution is 6.58. The summed E-state index contributed by atoms with van der Waals surface area (Å²) in [5.41, 5.74) is 6.51. The molecule has 0 unspecified atom stereocenters. The second-order valence-corrected chi connectivity index (χ2v) is 3.43. The summed E-state index contributed by atoms with van der Waals surface area (Å²) in [6.45, 7) is 2.16. The van der Waals surface area contributed by atoms with E-state index >= 15 is 0 Å². The van der Waals surface area contributed by atoms with Crippen molar-refractivity contribution in [2.75, 3.05) is 13.2 Å². The molecular weight excluding hydrogens is 209 g/mol. The lowest BCUT2D eigenvalue weighted by Gasteiger charge is -2.07. The van der Waals surface area contributed by atoms with Crippen LogP contribution >= 0.6 is 0 Å². The Balaban J connectivity index is 2.91. The summed E-state index contributed by atoms with van der Waals surface area (Å²) in [6, 6.07) is 4.59. The van der Waals surface area contributed by atoms with E-state index in [-0.39, 0.29) is 24.2 Å². The summed E-state index contributed by atoms with van der Waals surface area (Å²) in [5.74, 6) is -0.518. The van der Waals surface area contributed by atoms with E-state index in [9.17, 15) is 4.79 Å². The van der Waals surface area contributed by atoms with E-state index in [1.165, 1.54) is 6.07 Å². The van der Waals surface area contributed by atoms with Gasteiger partial charge in [-0.1, -0.05) is 11.6 Å². The van der Waals surface area contributed by atoms with Crippen molar-refractivity contribution in [3.05, 3.63) is 29.3 Å². The standard InChI is InChI=1S/C10H14BNO4/c1-7-4-8(10(13)16-3-2-12)6-9(5-7)11(14)15/h4-6,14-15H,2-3,12H2,1H3. The van der Waals surface area contributed by atoms with Crippen LogP contribution in [0.2, 0.25) is 0 Å². The molecule has 0 spiro atoms. The normalized spacial score (nSPS) is 10.0. The van der Waals surface area contributed by atoms with Gasteiger partial charge in [0.15, 0.2) is 0 Å². The molecule has 0 amide bonds. The summed E-state index contributed by atoms with van der Waals surface area (Å²) in [6.07, 6.45) is 0. The fourth-order valence-electron chi connectivity index (χ4n) is 1.31. The number of esters is 1. The van der Waals surface area contributed by atoms with Gasteiger partial charge in [-0.3, -0.25) is 0 Å². The molecule has 4 N–H and O–H groups in total. The number of ether oxygens (including phenoxy) is 1. The van der Waals surface area contributed by atoms with Crippen molar-refractivity contribution in [2.45, 2.75) is 6.92 Å². The van der Waals surface area contributed by atoms with E-state index in [4.69, 9.17) is 20.5 Å². The lowest BCUT2D eigenvalue weighted by atomic mass is 9.79. The molecule has 0 heterocycles. The molecule has 0 saturated heterocycles. The first-order valence-corrected chi connectivity index (χ1v) is 4.89. The van der Waals surface area contributed by atoms with Gasteiger partial charge < -0.3 is 20.5 Å². The topological polar surface area (TPSA) is 92.8 Å². The summed E-state index contributed by atoms with van der Waals surface area (Å²) in [7, 11) is -1.60. The van der Waals surface area contributed by atoms with Crippen molar-refractivity contribution < 1.29 is 19.6 Å². The Hall–Kier alpha value is -1.37. The molecule has 16 heavy (non-hydrogen) atoms. The number of benzene rings is 1. The van der Waals surface area contributed by atoms with Gasteiger partial charge in [0.05, 0.1) is 5.56 Å². The molecule has 1 aromatic carbocycles. The Morgan fingerprint density at radius 2 is 2.12 bits per heavy atom. The quantitative estimate of drug-likeness (QED) is 0.440. The molecule has 1 aromatic rings. The Bertz CT molecular complexity index is 381. The molecule has 1 rings (SSSR count). The smallest absolute Gasteiger partial charge is 0.461 e. The van der Waals surface area contributed by atoms with Crippen LogP contribution in [0.15, 0.2) is 18.2 Å². The first-order chi connectivity index (χ1) is 7.54. The zero-order valence-corrected chi connectivity index (χ0v) is 9.01. The van der Waals surface area contributed by atoms with E-state index in [1.807, 2.05) is 0 Å². The SMILES string of the molecule is Cc1cc(B(O)O)cc(C(=O)OCCN)c1. The minimum atomic E-state index is -1.60. The van der Waals surface area contributed by atoms with Gasteiger partial charge in [0.1, 0.15) is 6.61 Å². The van der Waals surface area contributed by atoms with Crippen LogP contribution in [0.3, 0.4) is 0 Å². The first-order valence-electron chi connectivity index (χ1n) is 4.89. The number of aryl methyl sites for hydroxylation is 1. The summed E-state index contributed by atoms with van der Waals surface area (Å²) >= 11 is 0. The van der Waals surface area contributed by atoms with Crippen LogP contribution in [0.5, 0.6) is 0 Å². The van der Waals surface area contributed by atoms with Gasteiger partial charge in [-0.05, 0) is 24.5 Å². The number of carbonyl (C=O) groups excluding carboxylic acids is 1. The number of nitrogens with two attached hydrogens (primary N) is 1. The van der Waals surface area contributed by atoms with Crippen LogP contribution in [0.1, 0.15) is 15.9 Å². The van der Waals surface area contributed by atoms with Crippen molar-refractivity contribution in [1.29, 1.82) is 0 Å². The Morgan fingerprint density at radius 3 is 2.69 bits per heavy atom. The molecule has 0 saturated carbocycles. The number of carbonyl (C=O) groups is 1. The zero-order valence-electron chi connectivity index (χ0n) is 9.01. The molecule has 6 heteroatoms. The van der Waals surface area contributed by atoms with Gasteiger partial charge in [0, 0.05) is 6.54 Å². The molecule has 0 radical (unpaired) electrons. The van der Waals surface area contributed by atoms with Crippen molar-refractivity contribution in [2.24, 2.45) is 5.73 Å². The van der Waals surface area contributed by atoms with E-state index in [2.05, 4.69) is 0 Å². The predicted molar refractivity (Wildman–Crippen MR) is 60.3 cm³/mol. The third kappa shape index (κ3) is 3.34. The van der Waals surface area contributed by atoms with Gasteiger partial charge in [-0.25, -0.2) is 4.79 Å². The molecular formula is C10H14BNO4. The molecule has 86 valence electrons. The van der Waals surface area contributed by atoms with Crippen LogP contribution in [0.4, 0.5) is 0 Å². The second-order valence-electron chi connectivity index (χ2n) is 3.43. The van der Waals surface area contributed by atoms with Gasteiger partial charge in [-0.15, -0.1) is 0 Å². The number of hydrogen-bond donors (Lipinski definition) is 3. The van der Waals surface area contributed by atoms with E-state index in [0.29, 0.717) is 0 Å². The molecule has 0 aliphatic heterocycles. The predicted octanol–water partition coefficient (Wildman–Crippen LogP) is -1.21. The summed E-state index contributed by atoms with van der Waals surface area (Å²) in [4.78, 5) is 11.5. The van der Waals surface area contributed by atoms with Gasteiger partial charge in [0.2, 0.25) is 0 Å². The average molecular weight is 223 g/mol. The second kappa shape index (κ2) is 5.65. The molecule has 0 atom stereocenters. The van der Waals surface area contributed by atoms with Crippen LogP contribution in [-0.2, 0) is 4.74 Å². The van der Waals surface area contributed by atoms with Crippen molar-refractivity contribution in [3.8, 4) is 0 Å². The van der Waals surface area contributed by atoms with Crippen LogP contribution in [0.25, 0.3) is 0 Å². The van der Waals surface area contributed by atoms with Crippen LogP contribution in [0, 0.1) is 6.92 Å². The molecule has 5 nitrogen and oxygen atoms in total. The maximum absolute atomic E-state index is 11.5. The Kier molecular flexibility index (Phi) is 4.48. The Labute approximate surface area is 94.0 Å². The van der Waals surface area contributed by atoms with Crippen LogP contribution in [-0.4, -0.2) is 36.3 Å². The minimum absolute atomic E-state index is 0.143. The van der Waals surface area contributed by atoms with Crippen molar-refractivity contribution >= 4 is 18.6 Å². The van der Waals surface area contributed by atoms with Crippen molar-refractivity contribution in [3.63, 3.8) is 0 Å². The van der Waals surface area contributed by atoms with E-state index < -0.39 is 13.1 Å². The van der Waals surface area contributed by atoms with Gasteiger partial charge >= 0.3 is 13.1 Å². The molecule has 0 aromatic heterocycles. The fraction of sp³-hybridized carbons (Fsp3) is 0.300. The monoisotopic (exact) mass is 223 g/mol. The highest BCUT2D eigenvalue weighted by atomic mass is 16.5. The highest BCUT2D eigenvalue weighted by Crippen LogP contribution is 2.04. The molecule has 0 aliphatic carbocycles. The largest absolute Gasteiger partial charge is 0.488 e. The highest BCUT2D eigenvalue weighted by Gasteiger charge is 2.15. The van der Waals surface area contributed by atoms with E-state index in [0.717, 1.165) is 5.56 Å². The van der Waals surface area contributed by atoms with Gasteiger partial charge in [0.25, 0.3) is 0 Å². The molecule has 0 fully saturated rings. The van der Waals surface area contributed by atoms with Crippen LogP contribution < -0.4 is 11.2 Å². The first kappa shape index (κ1) is 12.7. The lowest BCUT2D eigenvalue weighted by Crippen LogP contribution is -2.31. The fourth-order valence-corrected chi connectivity index (χ4v) is 1.31. The lowest BCUT2D eigenvalue weighted by molar-refractivity contribution is 0.0517. The summed E-state index contributed by atoms with van der Waals surface area (Å²) < 4.78 is 4.84. The summed E-state index contributed by atoms with van der Waals surface area (Å²) in [5, 5.41) is 18.0. The molecule has 0 aliphatic rings. The van der Waals surface area contributed by atoms with Gasteiger partial charge in [-0.2, -0.15) is 0 Å². The molecule has 0 bridgehead atoms.